The summed E-state index contributed by atoms with van der Waals surface area (Å²) >= 11 is 0. The van der Waals surface area contributed by atoms with Crippen molar-refractivity contribution in [2.45, 2.75) is 13.3 Å². The fourth-order valence-electron chi connectivity index (χ4n) is 3.50. The molecule has 136 valence electrons. The number of hydrogen-bond acceptors (Lipinski definition) is 3. The van der Waals surface area contributed by atoms with Crippen LogP contribution in [-0.4, -0.2) is 16.0 Å². The van der Waals surface area contributed by atoms with Crippen LogP contribution in [0.3, 0.4) is 0 Å². The van der Waals surface area contributed by atoms with Crippen LogP contribution in [0, 0.1) is 6.92 Å². The van der Waals surface area contributed by atoms with Crippen LogP contribution in [0.15, 0.2) is 83.9 Å². The highest BCUT2D eigenvalue weighted by molar-refractivity contribution is 5.82. The summed E-state index contributed by atoms with van der Waals surface area (Å²) in [5, 5.41) is 4.75. The first-order chi connectivity index (χ1) is 13.8. The van der Waals surface area contributed by atoms with Crippen molar-refractivity contribution in [3.63, 3.8) is 0 Å². The highest BCUT2D eigenvalue weighted by Crippen LogP contribution is 2.42. The first-order valence-electron chi connectivity index (χ1n) is 9.32. The van der Waals surface area contributed by atoms with Crippen molar-refractivity contribution in [1.82, 2.24) is 9.78 Å². The molecule has 1 aromatic heterocycles. The number of ether oxygens (including phenoxy) is 1. The molecular formula is C24H19N3O. The monoisotopic (exact) mass is 365 g/mol. The van der Waals surface area contributed by atoms with E-state index in [0.29, 0.717) is 5.88 Å². The van der Waals surface area contributed by atoms with Gasteiger partial charge in [0.25, 0.3) is 0 Å². The second-order valence-electron chi connectivity index (χ2n) is 6.87. The standard InChI is InChI=1S/C24H19N3O/c1-17-9-8-12-19-15-21-23(25-16-18-10-4-2-5-11-18)27(20-13-6-3-7-14-20)26-24(21)28-22(17)19/h2-14,16H,15H2,1H3/b25-16+. The molecule has 0 saturated heterocycles. The second kappa shape index (κ2) is 6.82. The molecule has 1 aliphatic rings. The van der Waals surface area contributed by atoms with Crippen molar-refractivity contribution in [3.8, 4) is 17.3 Å². The SMILES string of the molecule is Cc1cccc2c1Oc1nn(-c3ccccc3)c(/N=C/c3ccccc3)c1C2. The molecular weight excluding hydrogens is 346 g/mol. The lowest BCUT2D eigenvalue weighted by Gasteiger charge is -2.17. The van der Waals surface area contributed by atoms with E-state index >= 15 is 0 Å². The molecule has 0 saturated carbocycles. The van der Waals surface area contributed by atoms with Gasteiger partial charge in [-0.3, -0.25) is 0 Å². The fourth-order valence-corrected chi connectivity index (χ4v) is 3.50. The number of aliphatic imine (C=N–C) groups is 1. The minimum atomic E-state index is 0.630. The zero-order chi connectivity index (χ0) is 18.9. The van der Waals surface area contributed by atoms with Crippen LogP contribution >= 0.6 is 0 Å². The smallest absolute Gasteiger partial charge is 0.244 e. The van der Waals surface area contributed by atoms with E-state index in [1.54, 1.807) is 0 Å². The highest BCUT2D eigenvalue weighted by Gasteiger charge is 2.27. The van der Waals surface area contributed by atoms with Gasteiger partial charge in [-0.05, 0) is 35.7 Å². The third kappa shape index (κ3) is 2.89. The van der Waals surface area contributed by atoms with Crippen LogP contribution in [0.4, 0.5) is 5.82 Å². The summed E-state index contributed by atoms with van der Waals surface area (Å²) in [6.45, 7) is 2.06. The number of aryl methyl sites for hydroxylation is 1. The Balaban J connectivity index is 1.65. The molecule has 2 heterocycles. The molecule has 3 aromatic carbocycles. The van der Waals surface area contributed by atoms with E-state index in [-0.39, 0.29) is 0 Å². The maximum absolute atomic E-state index is 6.20. The Kier molecular flexibility index (Phi) is 4.02. The zero-order valence-corrected chi connectivity index (χ0v) is 15.5. The van der Waals surface area contributed by atoms with E-state index in [4.69, 9.17) is 14.8 Å². The maximum atomic E-state index is 6.20. The third-order valence-corrected chi connectivity index (χ3v) is 4.92. The first-order valence-corrected chi connectivity index (χ1v) is 9.32. The lowest BCUT2D eigenvalue weighted by Crippen LogP contribution is -2.03. The normalized spacial score (nSPS) is 12.5. The van der Waals surface area contributed by atoms with Crippen molar-refractivity contribution in [2.24, 2.45) is 4.99 Å². The molecule has 0 radical (unpaired) electrons. The van der Waals surface area contributed by atoms with Gasteiger partial charge in [0.05, 0.1) is 11.3 Å². The predicted octanol–water partition coefficient (Wildman–Crippen LogP) is 5.63. The molecule has 1 aliphatic heterocycles. The molecule has 28 heavy (non-hydrogen) atoms. The molecule has 0 fully saturated rings. The molecule has 5 rings (SSSR count). The lowest BCUT2D eigenvalue weighted by molar-refractivity contribution is 0.435. The van der Waals surface area contributed by atoms with Crippen LogP contribution in [0.1, 0.15) is 22.3 Å². The van der Waals surface area contributed by atoms with Crippen molar-refractivity contribution in [1.29, 1.82) is 0 Å². The molecule has 0 aliphatic carbocycles. The van der Waals surface area contributed by atoms with E-state index < -0.39 is 0 Å². The molecule has 0 N–H and O–H groups in total. The number of benzene rings is 3. The summed E-state index contributed by atoms with van der Waals surface area (Å²) < 4.78 is 8.06. The molecule has 0 unspecified atom stereocenters. The fraction of sp³-hybridized carbons (Fsp3) is 0.0833. The van der Waals surface area contributed by atoms with Gasteiger partial charge in [-0.2, -0.15) is 0 Å². The number of fused-ring (bicyclic) bond motifs is 2. The molecule has 0 spiro atoms. The van der Waals surface area contributed by atoms with Gasteiger partial charge < -0.3 is 4.74 Å². The van der Waals surface area contributed by atoms with Crippen LogP contribution < -0.4 is 4.74 Å². The quantitative estimate of drug-likeness (QED) is 0.389. The zero-order valence-electron chi connectivity index (χ0n) is 15.5. The Labute approximate surface area is 163 Å². The molecule has 0 atom stereocenters. The summed E-state index contributed by atoms with van der Waals surface area (Å²) in [6.07, 6.45) is 2.63. The van der Waals surface area contributed by atoms with Gasteiger partial charge in [0, 0.05) is 12.6 Å². The van der Waals surface area contributed by atoms with Crippen molar-refractivity contribution in [3.05, 3.63) is 101 Å². The van der Waals surface area contributed by atoms with E-state index in [2.05, 4.69) is 25.1 Å². The third-order valence-electron chi connectivity index (χ3n) is 4.92. The minimum absolute atomic E-state index is 0.630. The number of rotatable bonds is 3. The minimum Gasteiger partial charge on any atom is -0.437 e. The average molecular weight is 365 g/mol. The average Bonchev–Trinajstić information content (AvgIpc) is 3.10. The largest absolute Gasteiger partial charge is 0.437 e. The van der Waals surface area contributed by atoms with Gasteiger partial charge in [0.1, 0.15) is 5.75 Å². The lowest BCUT2D eigenvalue weighted by atomic mass is 10.0. The molecule has 0 amide bonds. The molecule has 4 nitrogen and oxygen atoms in total. The highest BCUT2D eigenvalue weighted by atomic mass is 16.5. The second-order valence-corrected chi connectivity index (χ2v) is 6.87. The number of para-hydroxylation sites is 2. The van der Waals surface area contributed by atoms with Crippen molar-refractivity contribution in [2.75, 3.05) is 0 Å². The van der Waals surface area contributed by atoms with Gasteiger partial charge in [-0.1, -0.05) is 66.7 Å². The van der Waals surface area contributed by atoms with Gasteiger partial charge in [0.15, 0.2) is 5.82 Å². The van der Waals surface area contributed by atoms with Crippen LogP contribution in [-0.2, 0) is 6.42 Å². The topological polar surface area (TPSA) is 39.4 Å². The number of aromatic nitrogens is 2. The Morgan fingerprint density at radius 2 is 1.68 bits per heavy atom. The van der Waals surface area contributed by atoms with Crippen molar-refractivity contribution < 1.29 is 4.74 Å². The van der Waals surface area contributed by atoms with Gasteiger partial charge in [0.2, 0.25) is 5.88 Å². The Hall–Kier alpha value is -3.66. The predicted molar refractivity (Wildman–Crippen MR) is 111 cm³/mol. The van der Waals surface area contributed by atoms with Gasteiger partial charge in [-0.25, -0.2) is 9.67 Å². The Bertz CT molecular complexity index is 1160. The van der Waals surface area contributed by atoms with Gasteiger partial charge >= 0.3 is 0 Å². The number of hydrogen-bond donors (Lipinski definition) is 0. The van der Waals surface area contributed by atoms with Crippen LogP contribution in [0.5, 0.6) is 11.6 Å². The summed E-state index contributed by atoms with van der Waals surface area (Å²) in [6, 6.07) is 26.4. The summed E-state index contributed by atoms with van der Waals surface area (Å²) in [4.78, 5) is 4.82. The summed E-state index contributed by atoms with van der Waals surface area (Å²) in [7, 11) is 0. The van der Waals surface area contributed by atoms with Crippen molar-refractivity contribution >= 4 is 12.0 Å². The summed E-state index contributed by atoms with van der Waals surface area (Å²) in [5.41, 5.74) is 5.30. The first kappa shape index (κ1) is 16.5. The number of nitrogens with zero attached hydrogens (tertiary/aromatic N) is 3. The van der Waals surface area contributed by atoms with Crippen LogP contribution in [0.25, 0.3) is 5.69 Å². The Morgan fingerprint density at radius 3 is 2.46 bits per heavy atom. The van der Waals surface area contributed by atoms with E-state index in [0.717, 1.165) is 45.9 Å². The Morgan fingerprint density at radius 1 is 0.929 bits per heavy atom. The summed E-state index contributed by atoms with van der Waals surface area (Å²) in [5.74, 6) is 2.34. The molecule has 0 bridgehead atoms. The molecule has 4 aromatic rings. The maximum Gasteiger partial charge on any atom is 0.244 e. The van der Waals surface area contributed by atoms with E-state index in [1.165, 1.54) is 0 Å². The van der Waals surface area contributed by atoms with E-state index in [1.807, 2.05) is 71.6 Å². The van der Waals surface area contributed by atoms with Crippen LogP contribution in [0.2, 0.25) is 0 Å². The van der Waals surface area contributed by atoms with E-state index in [9.17, 15) is 0 Å². The molecule has 4 heteroatoms. The van der Waals surface area contributed by atoms with Gasteiger partial charge in [-0.15, -0.1) is 5.10 Å².